The number of aromatic nitrogens is 2. The Morgan fingerprint density at radius 2 is 1.86 bits per heavy atom. The predicted octanol–water partition coefficient (Wildman–Crippen LogP) is 3.41. The monoisotopic (exact) mass is 284 g/mol. The highest BCUT2D eigenvalue weighted by molar-refractivity contribution is 5.60. The lowest BCUT2D eigenvalue weighted by Gasteiger charge is -2.01. The predicted molar refractivity (Wildman–Crippen MR) is 83.7 cm³/mol. The second-order valence-electron chi connectivity index (χ2n) is 5.07. The Morgan fingerprint density at radius 1 is 1.10 bits per heavy atom. The first-order valence-electron chi connectivity index (χ1n) is 7.13. The molecule has 21 heavy (non-hydrogen) atoms. The van der Waals surface area contributed by atoms with E-state index in [0.717, 1.165) is 36.2 Å². The summed E-state index contributed by atoms with van der Waals surface area (Å²) < 4.78 is 0. The quantitative estimate of drug-likeness (QED) is 0.798. The second kappa shape index (κ2) is 7.55. The number of phenolic OH excluding ortho intramolecular Hbond substituents is 1. The van der Waals surface area contributed by atoms with Crippen molar-refractivity contribution in [2.75, 3.05) is 0 Å². The first-order valence-corrected chi connectivity index (χ1v) is 7.13. The molecule has 110 valence electrons. The summed E-state index contributed by atoms with van der Waals surface area (Å²) in [5.41, 5.74) is 2.52. The minimum atomic E-state index is -0.234. The Morgan fingerprint density at radius 3 is 2.48 bits per heavy atom. The molecule has 1 aromatic carbocycles. The normalized spacial score (nSPS) is 12.7. The van der Waals surface area contributed by atoms with Crippen molar-refractivity contribution in [3.63, 3.8) is 0 Å². The van der Waals surface area contributed by atoms with Gasteiger partial charge in [-0.25, -0.2) is 0 Å². The van der Waals surface area contributed by atoms with Gasteiger partial charge in [0.05, 0.1) is 17.5 Å². The van der Waals surface area contributed by atoms with Gasteiger partial charge in [0, 0.05) is 5.56 Å². The molecule has 0 saturated heterocycles. The fourth-order valence-electron chi connectivity index (χ4n) is 1.95. The van der Waals surface area contributed by atoms with Gasteiger partial charge in [-0.05, 0) is 68.7 Å². The first-order chi connectivity index (χ1) is 10.1. The number of allylic oxidation sites excluding steroid dienone is 1. The second-order valence-corrected chi connectivity index (χ2v) is 5.07. The van der Waals surface area contributed by atoms with E-state index in [1.165, 1.54) is 0 Å². The number of unbranched alkanes of at least 4 members (excludes halogenated alkanes) is 1. The molecule has 1 aromatic heterocycles. The lowest BCUT2D eigenvalue weighted by atomic mass is 10.1. The molecule has 0 amide bonds. The molecule has 0 aliphatic rings. The largest absolute Gasteiger partial charge is 0.508 e. The number of aliphatic hydroxyl groups is 1. The molecule has 0 aliphatic carbocycles. The fourth-order valence-corrected chi connectivity index (χ4v) is 1.95. The lowest BCUT2D eigenvalue weighted by molar-refractivity contribution is 0.182. The van der Waals surface area contributed by atoms with Gasteiger partial charge in [-0.15, -0.1) is 5.10 Å². The van der Waals surface area contributed by atoms with Crippen molar-refractivity contribution in [3.05, 3.63) is 48.2 Å². The van der Waals surface area contributed by atoms with Crippen LogP contribution in [0.4, 0.5) is 0 Å². The third kappa shape index (κ3) is 5.00. The summed E-state index contributed by atoms with van der Waals surface area (Å²) in [5, 5.41) is 26.8. The van der Waals surface area contributed by atoms with E-state index in [0.29, 0.717) is 0 Å². The maximum Gasteiger partial charge on any atom is 0.115 e. The van der Waals surface area contributed by atoms with E-state index in [-0.39, 0.29) is 11.9 Å². The minimum absolute atomic E-state index is 0.234. The maximum atomic E-state index is 9.26. The number of aliphatic hydroxyl groups excluding tert-OH is 1. The Bertz CT molecular complexity index is 575. The SMILES string of the molecule is CC(O)CCCC=Cc1ccc(-c2ccc(O)cc2)nn1. The van der Waals surface area contributed by atoms with Gasteiger partial charge in [0.15, 0.2) is 0 Å². The van der Waals surface area contributed by atoms with E-state index in [4.69, 9.17) is 5.11 Å². The molecule has 0 saturated carbocycles. The molecule has 1 unspecified atom stereocenters. The van der Waals surface area contributed by atoms with Crippen LogP contribution in [0.3, 0.4) is 0 Å². The number of phenols is 1. The van der Waals surface area contributed by atoms with E-state index >= 15 is 0 Å². The lowest BCUT2D eigenvalue weighted by Crippen LogP contribution is -1.97. The number of benzene rings is 1. The van der Waals surface area contributed by atoms with Gasteiger partial charge < -0.3 is 10.2 Å². The molecule has 0 spiro atoms. The zero-order chi connectivity index (χ0) is 15.1. The van der Waals surface area contributed by atoms with Crippen LogP contribution in [-0.2, 0) is 0 Å². The van der Waals surface area contributed by atoms with Crippen molar-refractivity contribution in [1.82, 2.24) is 10.2 Å². The number of hydrogen-bond donors (Lipinski definition) is 2. The molecule has 4 nitrogen and oxygen atoms in total. The maximum absolute atomic E-state index is 9.26. The summed E-state index contributed by atoms with van der Waals surface area (Å²) in [4.78, 5) is 0. The molecule has 1 atom stereocenters. The highest BCUT2D eigenvalue weighted by atomic mass is 16.3. The Labute approximate surface area is 124 Å². The number of rotatable bonds is 6. The molecule has 0 radical (unpaired) electrons. The van der Waals surface area contributed by atoms with Gasteiger partial charge in [0.1, 0.15) is 5.75 Å². The van der Waals surface area contributed by atoms with Crippen LogP contribution in [-0.4, -0.2) is 26.5 Å². The number of hydrogen-bond acceptors (Lipinski definition) is 4. The standard InChI is InChI=1S/C17H20N2O2/c1-13(20)5-3-2-4-6-15-9-12-17(19-18-15)14-7-10-16(21)11-8-14/h4,6-13,20-21H,2-3,5H2,1H3. The summed E-state index contributed by atoms with van der Waals surface area (Å²) in [5.74, 6) is 0.239. The van der Waals surface area contributed by atoms with Gasteiger partial charge in [0.25, 0.3) is 0 Å². The van der Waals surface area contributed by atoms with Crippen molar-refractivity contribution in [2.24, 2.45) is 0 Å². The molecule has 0 fully saturated rings. The molecule has 2 N–H and O–H groups in total. The number of aromatic hydroxyl groups is 1. The molecular formula is C17H20N2O2. The molecule has 0 aliphatic heterocycles. The molecule has 4 heteroatoms. The van der Waals surface area contributed by atoms with Crippen LogP contribution in [0.15, 0.2) is 42.5 Å². The van der Waals surface area contributed by atoms with Crippen molar-refractivity contribution in [2.45, 2.75) is 32.3 Å². The minimum Gasteiger partial charge on any atom is -0.508 e. The van der Waals surface area contributed by atoms with Gasteiger partial charge in [-0.3, -0.25) is 0 Å². The van der Waals surface area contributed by atoms with Crippen molar-refractivity contribution in [3.8, 4) is 17.0 Å². The third-order valence-corrected chi connectivity index (χ3v) is 3.13. The van der Waals surface area contributed by atoms with E-state index in [1.54, 1.807) is 19.1 Å². The topological polar surface area (TPSA) is 66.2 Å². The van der Waals surface area contributed by atoms with Gasteiger partial charge in [-0.2, -0.15) is 5.10 Å². The van der Waals surface area contributed by atoms with Gasteiger partial charge >= 0.3 is 0 Å². The van der Waals surface area contributed by atoms with Crippen LogP contribution < -0.4 is 0 Å². The average molecular weight is 284 g/mol. The molecule has 2 aromatic rings. The van der Waals surface area contributed by atoms with Crippen LogP contribution in [0.5, 0.6) is 5.75 Å². The molecule has 2 rings (SSSR count). The molecule has 0 bridgehead atoms. The highest BCUT2D eigenvalue weighted by Gasteiger charge is 2.00. The zero-order valence-electron chi connectivity index (χ0n) is 12.1. The summed E-state index contributed by atoms with van der Waals surface area (Å²) in [6.07, 6.45) is 6.46. The van der Waals surface area contributed by atoms with Crippen LogP contribution in [0, 0.1) is 0 Å². The molecular weight excluding hydrogens is 264 g/mol. The van der Waals surface area contributed by atoms with E-state index in [1.807, 2.05) is 36.4 Å². The van der Waals surface area contributed by atoms with Crippen LogP contribution in [0.2, 0.25) is 0 Å². The average Bonchev–Trinajstić information content (AvgIpc) is 2.48. The van der Waals surface area contributed by atoms with Crippen LogP contribution in [0.1, 0.15) is 31.9 Å². The Balaban J connectivity index is 1.92. The Hall–Kier alpha value is -2.20. The molecule has 1 heterocycles. The van der Waals surface area contributed by atoms with Crippen LogP contribution >= 0.6 is 0 Å². The summed E-state index contributed by atoms with van der Waals surface area (Å²) in [6, 6.07) is 10.7. The Kier molecular flexibility index (Phi) is 5.46. The van der Waals surface area contributed by atoms with Crippen molar-refractivity contribution < 1.29 is 10.2 Å². The summed E-state index contributed by atoms with van der Waals surface area (Å²) in [7, 11) is 0. The highest BCUT2D eigenvalue weighted by Crippen LogP contribution is 2.19. The zero-order valence-corrected chi connectivity index (χ0v) is 12.1. The first kappa shape index (κ1) is 15.2. The smallest absolute Gasteiger partial charge is 0.115 e. The summed E-state index contributed by atoms with van der Waals surface area (Å²) >= 11 is 0. The van der Waals surface area contributed by atoms with Gasteiger partial charge in [-0.1, -0.05) is 6.08 Å². The fraction of sp³-hybridized carbons (Fsp3) is 0.294. The van der Waals surface area contributed by atoms with Crippen LogP contribution in [0.25, 0.3) is 17.3 Å². The van der Waals surface area contributed by atoms with E-state index in [2.05, 4.69) is 10.2 Å². The third-order valence-electron chi connectivity index (χ3n) is 3.13. The van der Waals surface area contributed by atoms with Crippen molar-refractivity contribution in [1.29, 1.82) is 0 Å². The number of nitrogens with zero attached hydrogens (tertiary/aromatic N) is 2. The summed E-state index contributed by atoms with van der Waals surface area (Å²) in [6.45, 7) is 1.80. The van der Waals surface area contributed by atoms with E-state index in [9.17, 15) is 5.11 Å². The van der Waals surface area contributed by atoms with Crippen molar-refractivity contribution >= 4 is 6.08 Å². The van der Waals surface area contributed by atoms with E-state index < -0.39 is 0 Å². The van der Waals surface area contributed by atoms with Gasteiger partial charge in [0.2, 0.25) is 0 Å².